The first-order chi connectivity index (χ1) is 7.90. The van der Waals surface area contributed by atoms with E-state index in [1.54, 1.807) is 6.92 Å². The fraction of sp³-hybridized carbons (Fsp3) is 0.533. The first kappa shape index (κ1) is 21.7. The van der Waals surface area contributed by atoms with Crippen molar-refractivity contribution in [3.05, 3.63) is 28.8 Å². The minimum atomic E-state index is 0. The van der Waals surface area contributed by atoms with Gasteiger partial charge in [0, 0.05) is 5.69 Å². The van der Waals surface area contributed by atoms with Crippen molar-refractivity contribution in [1.82, 2.24) is 0 Å². The monoisotopic (exact) mass is 255 g/mol. The lowest BCUT2D eigenvalue weighted by Crippen LogP contribution is -2.38. The molecule has 3 nitrogen and oxygen atoms in total. The van der Waals surface area contributed by atoms with E-state index < -0.39 is 0 Å². The fourth-order valence-corrected chi connectivity index (χ4v) is 0.973. The molecule has 4 N–H and O–H groups in total. The summed E-state index contributed by atoms with van der Waals surface area (Å²) in [5.74, 6) is 0.505. The lowest BCUT2D eigenvalue weighted by molar-refractivity contribution is -0.137. The summed E-state index contributed by atoms with van der Waals surface area (Å²) in [6.45, 7) is 11.9. The first-order valence-corrected chi connectivity index (χ1v) is 5.85. The standard InChI is InChI=1S/C9H13N.C3H7NO.C2H6.CH4/c1-6-4-5-7(2)9(10)8(6)3;1-3(4)5-2;1-2;/h4-5H,10H2,1-3H3;4H,1-2H3;1-2H3;1H4/p+1. The number of methoxy groups -OCH3 is 1. The number of nitrogen functional groups attached to an aromatic ring is 1. The van der Waals surface area contributed by atoms with E-state index in [2.05, 4.69) is 30.7 Å². The molecule has 0 amide bonds. The van der Waals surface area contributed by atoms with Crippen LogP contribution in [0.3, 0.4) is 0 Å². The van der Waals surface area contributed by atoms with Gasteiger partial charge in [0.25, 0.3) is 0 Å². The summed E-state index contributed by atoms with van der Waals surface area (Å²) in [5, 5.41) is 4.99. The Bertz CT molecular complexity index is 320. The minimum absolute atomic E-state index is 0. The predicted molar refractivity (Wildman–Crippen MR) is 82.8 cm³/mol. The average Bonchev–Trinajstić information content (AvgIpc) is 2.34. The highest BCUT2D eigenvalue weighted by Gasteiger charge is 1.98. The quantitative estimate of drug-likeness (QED) is 0.425. The molecule has 0 heterocycles. The van der Waals surface area contributed by atoms with Crippen molar-refractivity contribution in [2.75, 3.05) is 12.8 Å². The maximum atomic E-state index is 5.78. The third kappa shape index (κ3) is 8.62. The topological polar surface area (TPSA) is 60.8 Å². The van der Waals surface area contributed by atoms with Crippen LogP contribution in [0, 0.1) is 20.8 Å². The second-order valence-corrected chi connectivity index (χ2v) is 3.55. The van der Waals surface area contributed by atoms with Crippen LogP contribution < -0.4 is 11.1 Å². The number of benzene rings is 1. The van der Waals surface area contributed by atoms with Crippen LogP contribution in [-0.4, -0.2) is 13.0 Å². The molecular formula is C15H31N2O+. The molecule has 18 heavy (non-hydrogen) atoms. The molecule has 0 bridgehead atoms. The molecule has 106 valence electrons. The van der Waals surface area contributed by atoms with Crippen LogP contribution in [0.4, 0.5) is 5.69 Å². The summed E-state index contributed by atoms with van der Waals surface area (Å²) in [6, 6.07) is 4.15. The van der Waals surface area contributed by atoms with Gasteiger partial charge in [0.1, 0.15) is 0 Å². The van der Waals surface area contributed by atoms with Crippen LogP contribution in [0.15, 0.2) is 12.1 Å². The Hall–Kier alpha value is -1.51. The van der Waals surface area contributed by atoms with Crippen molar-refractivity contribution < 1.29 is 10.1 Å². The molecular weight excluding hydrogens is 224 g/mol. The van der Waals surface area contributed by atoms with Crippen LogP contribution in [0.1, 0.15) is 44.9 Å². The summed E-state index contributed by atoms with van der Waals surface area (Å²) < 4.78 is 4.44. The van der Waals surface area contributed by atoms with Crippen molar-refractivity contribution in [3.8, 4) is 0 Å². The molecule has 0 fully saturated rings. The summed E-state index contributed by atoms with van der Waals surface area (Å²) >= 11 is 0. The van der Waals surface area contributed by atoms with Crippen molar-refractivity contribution in [3.63, 3.8) is 0 Å². The number of rotatable bonds is 0. The molecule has 0 saturated carbocycles. The van der Waals surface area contributed by atoms with Gasteiger partial charge < -0.3 is 10.5 Å². The Morgan fingerprint density at radius 2 is 1.44 bits per heavy atom. The van der Waals surface area contributed by atoms with Crippen LogP contribution in [-0.2, 0) is 4.74 Å². The Kier molecular flexibility index (Phi) is 14.4. The van der Waals surface area contributed by atoms with Gasteiger partial charge in [0.15, 0.2) is 0 Å². The van der Waals surface area contributed by atoms with Gasteiger partial charge in [-0.2, -0.15) is 0 Å². The molecule has 0 atom stereocenters. The normalized spacial score (nSPS) is 7.72. The molecule has 3 heteroatoms. The van der Waals surface area contributed by atoms with Gasteiger partial charge in [0.05, 0.1) is 14.0 Å². The van der Waals surface area contributed by atoms with E-state index in [-0.39, 0.29) is 7.43 Å². The predicted octanol–water partition coefficient (Wildman–Crippen LogP) is 2.67. The van der Waals surface area contributed by atoms with E-state index in [0.29, 0.717) is 5.90 Å². The number of nitrogens with two attached hydrogens (primary N) is 2. The molecule has 0 unspecified atom stereocenters. The molecule has 1 aromatic carbocycles. The van der Waals surface area contributed by atoms with Gasteiger partial charge >= 0.3 is 5.90 Å². The lowest BCUT2D eigenvalue weighted by atomic mass is 10.0. The van der Waals surface area contributed by atoms with Crippen LogP contribution in [0.2, 0.25) is 0 Å². The molecule has 0 radical (unpaired) electrons. The van der Waals surface area contributed by atoms with Gasteiger partial charge in [-0.1, -0.05) is 33.4 Å². The SMILES string of the molecule is C.CC.COC(C)=[NH2+].Cc1ccc(C)c(N)c1C. The molecule has 0 spiro atoms. The van der Waals surface area contributed by atoms with E-state index in [1.807, 2.05) is 20.8 Å². The molecule has 0 aliphatic carbocycles. The Balaban J connectivity index is -0.000000243. The minimum Gasteiger partial charge on any atom is -0.452 e. The number of aryl methyl sites for hydroxylation is 2. The Morgan fingerprint density at radius 3 is 1.72 bits per heavy atom. The number of anilines is 1. The van der Waals surface area contributed by atoms with Crippen LogP contribution in [0.25, 0.3) is 0 Å². The zero-order chi connectivity index (χ0) is 14.0. The van der Waals surface area contributed by atoms with Gasteiger partial charge in [-0.3, -0.25) is 0 Å². The summed E-state index contributed by atoms with van der Waals surface area (Å²) in [4.78, 5) is 0. The van der Waals surface area contributed by atoms with Gasteiger partial charge in [-0.05, 0) is 37.5 Å². The van der Waals surface area contributed by atoms with Crippen molar-refractivity contribution >= 4 is 11.6 Å². The van der Waals surface area contributed by atoms with Crippen molar-refractivity contribution in [1.29, 1.82) is 0 Å². The summed E-state index contributed by atoms with van der Waals surface area (Å²) in [6.07, 6.45) is 0. The molecule has 0 aliphatic rings. The maximum absolute atomic E-state index is 5.78. The highest BCUT2D eigenvalue weighted by atomic mass is 16.5. The zero-order valence-corrected chi connectivity index (χ0v) is 12.2. The average molecular weight is 255 g/mol. The second-order valence-electron chi connectivity index (χ2n) is 3.55. The molecule has 0 aliphatic heterocycles. The molecule has 0 saturated heterocycles. The fourth-order valence-electron chi connectivity index (χ4n) is 0.973. The Labute approximate surface area is 113 Å². The maximum Gasteiger partial charge on any atom is 0.329 e. The third-order valence-corrected chi connectivity index (χ3v) is 2.33. The number of ether oxygens (including phenoxy) is 1. The zero-order valence-electron chi connectivity index (χ0n) is 12.2. The smallest absolute Gasteiger partial charge is 0.329 e. The number of hydrogen-bond donors (Lipinski definition) is 2. The van der Waals surface area contributed by atoms with Gasteiger partial charge in [-0.15, -0.1) is 0 Å². The first-order valence-electron chi connectivity index (χ1n) is 5.85. The van der Waals surface area contributed by atoms with E-state index in [9.17, 15) is 0 Å². The van der Waals surface area contributed by atoms with Gasteiger partial charge in [-0.25, -0.2) is 5.41 Å². The highest BCUT2D eigenvalue weighted by molar-refractivity contribution is 5.65. The van der Waals surface area contributed by atoms with Crippen LogP contribution in [0.5, 0.6) is 0 Å². The largest absolute Gasteiger partial charge is 0.452 e. The van der Waals surface area contributed by atoms with E-state index in [1.165, 1.54) is 23.8 Å². The Morgan fingerprint density at radius 1 is 1.11 bits per heavy atom. The highest BCUT2D eigenvalue weighted by Crippen LogP contribution is 2.18. The summed E-state index contributed by atoms with van der Waals surface area (Å²) in [7, 11) is 1.54. The van der Waals surface area contributed by atoms with Crippen molar-refractivity contribution in [2.24, 2.45) is 0 Å². The van der Waals surface area contributed by atoms with Crippen LogP contribution >= 0.6 is 0 Å². The second kappa shape index (κ2) is 12.0. The third-order valence-electron chi connectivity index (χ3n) is 2.33. The van der Waals surface area contributed by atoms with E-state index in [4.69, 9.17) is 11.1 Å². The molecule has 1 aromatic rings. The molecule has 0 aromatic heterocycles. The summed E-state index contributed by atoms with van der Waals surface area (Å²) in [5.41, 5.74) is 10.4. The number of hydrogen-bond acceptors (Lipinski definition) is 2. The van der Waals surface area contributed by atoms with Crippen molar-refractivity contribution in [2.45, 2.75) is 49.0 Å². The lowest BCUT2D eigenvalue weighted by Gasteiger charge is -2.05. The van der Waals surface area contributed by atoms with Gasteiger partial charge in [0.2, 0.25) is 0 Å². The van der Waals surface area contributed by atoms with E-state index in [0.717, 1.165) is 5.69 Å². The van der Waals surface area contributed by atoms with E-state index >= 15 is 0 Å². The molecule has 1 rings (SSSR count).